The van der Waals surface area contributed by atoms with Gasteiger partial charge in [0, 0.05) is 28.9 Å². The van der Waals surface area contributed by atoms with E-state index in [-0.39, 0.29) is 0 Å². The zero-order valence-corrected chi connectivity index (χ0v) is 17.5. The average molecular weight is 409 g/mol. The van der Waals surface area contributed by atoms with Gasteiger partial charge < -0.3 is 15.1 Å². The molecule has 31 heavy (non-hydrogen) atoms. The molecule has 2 N–H and O–H groups in total. The predicted molar refractivity (Wildman–Crippen MR) is 124 cm³/mol. The Morgan fingerprint density at radius 3 is 2.39 bits per heavy atom. The second kappa shape index (κ2) is 8.45. The lowest BCUT2D eigenvalue weighted by molar-refractivity contribution is -0.0979. The van der Waals surface area contributed by atoms with Gasteiger partial charge in [-0.25, -0.2) is 0 Å². The van der Waals surface area contributed by atoms with Gasteiger partial charge in [-0.3, -0.25) is 4.98 Å². The molecule has 0 atom stereocenters. The Morgan fingerprint density at radius 1 is 1.06 bits per heavy atom. The molecule has 5 nitrogen and oxygen atoms in total. The quantitative estimate of drug-likeness (QED) is 0.442. The van der Waals surface area contributed by atoms with E-state index in [0.29, 0.717) is 6.04 Å². The highest BCUT2D eigenvalue weighted by Gasteiger charge is 2.27. The van der Waals surface area contributed by atoms with Gasteiger partial charge in [-0.15, -0.1) is 0 Å². The fourth-order valence-corrected chi connectivity index (χ4v) is 4.23. The van der Waals surface area contributed by atoms with Crippen molar-refractivity contribution in [2.75, 3.05) is 5.73 Å². The number of nitrogen functional groups attached to an aromatic ring is 1. The molecule has 1 fully saturated rings. The van der Waals surface area contributed by atoms with E-state index in [1.54, 1.807) is 0 Å². The van der Waals surface area contributed by atoms with Crippen LogP contribution in [0.25, 0.3) is 33.4 Å². The number of rotatable bonds is 3. The summed E-state index contributed by atoms with van der Waals surface area (Å²) in [5.74, 6) is 0. The number of benzene rings is 2. The highest BCUT2D eigenvalue weighted by molar-refractivity contribution is 5.96. The molecule has 2 heterocycles. The van der Waals surface area contributed by atoms with E-state index in [1.807, 2.05) is 43.3 Å². The number of hydrogen-bond acceptors (Lipinski definition) is 4. The third-order valence-corrected chi connectivity index (χ3v) is 5.95. The van der Waals surface area contributed by atoms with Crippen LogP contribution in [-0.2, 0) is 4.79 Å². The van der Waals surface area contributed by atoms with Gasteiger partial charge in [-0.1, -0.05) is 24.3 Å². The first kappa shape index (κ1) is 20.4. The number of fused-ring (bicyclic) bond motifs is 1. The summed E-state index contributed by atoms with van der Waals surface area (Å²) in [6, 6.07) is 21.2. The third kappa shape index (κ3) is 3.57. The van der Waals surface area contributed by atoms with Gasteiger partial charge in [0.05, 0.1) is 22.5 Å². The van der Waals surface area contributed by atoms with Crippen LogP contribution in [0.2, 0.25) is 0 Å². The molecule has 0 bridgehead atoms. The summed E-state index contributed by atoms with van der Waals surface area (Å²) in [4.78, 5) is 12.6. The minimum Gasteiger partial charge on any atom is -0.399 e. The van der Waals surface area contributed by atoms with Gasteiger partial charge in [0.25, 0.3) is 0 Å². The van der Waals surface area contributed by atoms with Crippen molar-refractivity contribution in [2.45, 2.75) is 32.2 Å². The summed E-state index contributed by atoms with van der Waals surface area (Å²) >= 11 is 0. The number of nitrogens with zero attached hydrogens (tertiary/aromatic N) is 3. The Kier molecular flexibility index (Phi) is 5.55. The van der Waals surface area contributed by atoms with Gasteiger partial charge in [-0.05, 0) is 67.6 Å². The maximum Gasteiger partial charge on any atom is 0.106 e. The number of hydrogen-bond donors (Lipinski definition) is 1. The van der Waals surface area contributed by atoms with Crippen LogP contribution in [0.3, 0.4) is 0 Å². The van der Waals surface area contributed by atoms with Crippen molar-refractivity contribution in [2.24, 2.45) is 0 Å². The first-order valence-electron chi connectivity index (χ1n) is 10.3. The first-order valence-corrected chi connectivity index (χ1v) is 10.3. The molecule has 1 aliphatic carbocycles. The summed E-state index contributed by atoms with van der Waals surface area (Å²) in [5, 5.41) is 11.0. The van der Waals surface area contributed by atoms with E-state index in [9.17, 15) is 5.26 Å². The van der Waals surface area contributed by atoms with Crippen LogP contribution in [0.5, 0.6) is 0 Å². The largest absolute Gasteiger partial charge is 0.399 e. The van der Waals surface area contributed by atoms with Crippen molar-refractivity contribution in [1.82, 2.24) is 9.55 Å². The lowest BCUT2D eigenvalue weighted by atomic mass is 9.92. The van der Waals surface area contributed by atoms with E-state index < -0.39 is 0 Å². The Labute approximate surface area is 181 Å². The Balaban J connectivity index is 0.00000112. The summed E-state index contributed by atoms with van der Waals surface area (Å²) in [6.45, 7) is 4.08. The Bertz CT molecular complexity index is 1280. The van der Waals surface area contributed by atoms with Gasteiger partial charge in [0.15, 0.2) is 0 Å². The number of aromatic nitrogens is 2. The molecule has 4 aromatic rings. The van der Waals surface area contributed by atoms with Crippen LogP contribution in [0.15, 0.2) is 60.8 Å². The maximum absolute atomic E-state index is 10.0. The minimum atomic E-state index is 0.424. The predicted octanol–water partition coefficient (Wildman–Crippen LogP) is 5.67. The van der Waals surface area contributed by atoms with Crippen LogP contribution in [0.1, 0.15) is 36.4 Å². The van der Waals surface area contributed by atoms with Crippen molar-refractivity contribution in [3.8, 4) is 28.6 Å². The monoisotopic (exact) mass is 408 g/mol. The van der Waals surface area contributed by atoms with Gasteiger partial charge in [0.2, 0.25) is 0 Å². The maximum atomic E-state index is 10.0. The van der Waals surface area contributed by atoms with Gasteiger partial charge in [0.1, 0.15) is 12.9 Å². The molecule has 0 saturated heterocycles. The number of carbonyl (C=O) groups is 1. The van der Waals surface area contributed by atoms with Gasteiger partial charge >= 0.3 is 0 Å². The van der Waals surface area contributed by atoms with E-state index in [4.69, 9.17) is 10.5 Å². The molecule has 2 aromatic carbocycles. The SMILES string of the molecule is C=O.Cc1ccnc(-c2ccc3c(C#N)c(-c4ccc(N)cc4)n(C4CCC4)c3c2)c1. The molecule has 2 aromatic heterocycles. The second-order valence-corrected chi connectivity index (χ2v) is 7.86. The fourth-order valence-electron chi connectivity index (χ4n) is 4.23. The normalized spacial score (nSPS) is 13.2. The lowest BCUT2D eigenvalue weighted by Crippen LogP contribution is -2.17. The summed E-state index contributed by atoms with van der Waals surface area (Å²) < 4.78 is 2.38. The van der Waals surface area contributed by atoms with Crippen LogP contribution in [0, 0.1) is 18.3 Å². The molecular formula is C26H24N4O. The van der Waals surface area contributed by atoms with Crippen molar-refractivity contribution in [3.05, 3.63) is 71.9 Å². The van der Waals surface area contributed by atoms with E-state index in [1.165, 1.54) is 12.0 Å². The van der Waals surface area contributed by atoms with E-state index >= 15 is 0 Å². The molecule has 0 radical (unpaired) electrons. The zero-order chi connectivity index (χ0) is 22.0. The van der Waals surface area contributed by atoms with E-state index in [2.05, 4.69) is 46.8 Å². The molecule has 0 aliphatic heterocycles. The van der Waals surface area contributed by atoms with Crippen molar-refractivity contribution < 1.29 is 4.79 Å². The standard InChI is InChI=1S/C25H22N4.CH2O/c1-16-11-12-28-23(13-16)18-7-10-21-22(15-26)25(17-5-8-19(27)9-6-17)29(24(21)14-18)20-3-2-4-20;1-2/h5-14,20H,2-4,27H2,1H3;1H2. The molecule has 0 amide bonds. The summed E-state index contributed by atoms with van der Waals surface area (Å²) in [6.07, 6.45) is 5.36. The van der Waals surface area contributed by atoms with Crippen LogP contribution in [0.4, 0.5) is 5.69 Å². The zero-order valence-electron chi connectivity index (χ0n) is 17.5. The number of pyridine rings is 1. The van der Waals surface area contributed by atoms with Crippen LogP contribution < -0.4 is 5.73 Å². The summed E-state index contributed by atoms with van der Waals surface area (Å²) in [5.41, 5.74) is 13.7. The highest BCUT2D eigenvalue weighted by atomic mass is 16.1. The second-order valence-electron chi connectivity index (χ2n) is 7.86. The van der Waals surface area contributed by atoms with E-state index in [0.717, 1.165) is 57.5 Å². The smallest absolute Gasteiger partial charge is 0.106 e. The third-order valence-electron chi connectivity index (χ3n) is 5.95. The number of nitrogens with two attached hydrogens (primary N) is 1. The molecule has 5 heteroatoms. The molecule has 0 spiro atoms. The molecule has 154 valence electrons. The number of carbonyl (C=O) groups excluding carboxylic acids is 1. The minimum absolute atomic E-state index is 0.424. The number of nitriles is 1. The summed E-state index contributed by atoms with van der Waals surface area (Å²) in [7, 11) is 0. The highest BCUT2D eigenvalue weighted by Crippen LogP contribution is 2.43. The average Bonchev–Trinajstić information content (AvgIpc) is 3.08. The number of anilines is 1. The molecule has 0 unspecified atom stereocenters. The number of aryl methyl sites for hydroxylation is 1. The van der Waals surface area contributed by atoms with Crippen LogP contribution in [-0.4, -0.2) is 16.3 Å². The fraction of sp³-hybridized carbons (Fsp3) is 0.192. The Hall–Kier alpha value is -3.91. The van der Waals surface area contributed by atoms with Gasteiger partial charge in [-0.2, -0.15) is 5.26 Å². The van der Waals surface area contributed by atoms with Crippen molar-refractivity contribution in [3.63, 3.8) is 0 Å². The molecule has 5 rings (SSSR count). The molecule has 1 saturated carbocycles. The Morgan fingerprint density at radius 2 is 1.77 bits per heavy atom. The van der Waals surface area contributed by atoms with Crippen molar-refractivity contribution in [1.29, 1.82) is 5.26 Å². The first-order chi connectivity index (χ1) is 15.2. The van der Waals surface area contributed by atoms with Crippen molar-refractivity contribution >= 4 is 23.4 Å². The molecular weight excluding hydrogens is 384 g/mol. The van der Waals surface area contributed by atoms with Crippen LogP contribution >= 0.6 is 0 Å². The molecule has 1 aliphatic rings. The lowest BCUT2D eigenvalue weighted by Gasteiger charge is -2.30. The topological polar surface area (TPSA) is 84.7 Å².